The van der Waals surface area contributed by atoms with Crippen LogP contribution in [0.5, 0.6) is 0 Å². The SMILES string of the molecule is c1ccc(-c2cccc[c]2[Sn]([c]2ccccc2-c2ccccc2)[c]2ccccc2-c2ccccc2)cc1. The number of hydrogen-bond donors (Lipinski definition) is 0. The Balaban J connectivity index is 1.66. The summed E-state index contributed by atoms with van der Waals surface area (Å²) in [6, 6.07) is 59.9. The number of hydrogen-bond acceptors (Lipinski definition) is 0. The topological polar surface area (TPSA) is 0 Å². The Hall–Kier alpha value is -3.88. The average molecular weight is 578 g/mol. The van der Waals surface area contributed by atoms with Crippen molar-refractivity contribution in [3.05, 3.63) is 164 Å². The summed E-state index contributed by atoms with van der Waals surface area (Å²) in [4.78, 5) is 0. The van der Waals surface area contributed by atoms with E-state index in [9.17, 15) is 0 Å². The van der Waals surface area contributed by atoms with Crippen molar-refractivity contribution in [2.24, 2.45) is 0 Å². The maximum atomic E-state index is 2.39. The van der Waals surface area contributed by atoms with Crippen LogP contribution >= 0.6 is 0 Å². The first-order valence-corrected chi connectivity index (χ1v) is 17.0. The molecule has 0 atom stereocenters. The van der Waals surface area contributed by atoms with E-state index in [0.717, 1.165) is 0 Å². The summed E-state index contributed by atoms with van der Waals surface area (Å²) in [5.74, 6) is 0. The molecule has 0 aromatic heterocycles. The molecule has 0 heterocycles. The molecule has 0 aliphatic heterocycles. The molecule has 6 aromatic carbocycles. The molecule has 6 rings (SSSR count). The zero-order valence-corrected chi connectivity index (χ0v) is 23.4. The molecule has 0 unspecified atom stereocenters. The average Bonchev–Trinajstić information content (AvgIpc) is 2.99. The van der Waals surface area contributed by atoms with E-state index in [-0.39, 0.29) is 0 Å². The van der Waals surface area contributed by atoms with Crippen molar-refractivity contribution in [2.45, 2.75) is 0 Å². The van der Waals surface area contributed by atoms with Gasteiger partial charge in [-0.1, -0.05) is 0 Å². The first-order chi connectivity index (χ1) is 18.4. The van der Waals surface area contributed by atoms with E-state index >= 15 is 0 Å². The Morgan fingerprint density at radius 1 is 0.243 bits per heavy atom. The molecule has 1 radical (unpaired) electrons. The monoisotopic (exact) mass is 579 g/mol. The van der Waals surface area contributed by atoms with Crippen molar-refractivity contribution in [1.29, 1.82) is 0 Å². The summed E-state index contributed by atoms with van der Waals surface area (Å²) in [5.41, 5.74) is 7.90. The molecule has 0 bridgehead atoms. The van der Waals surface area contributed by atoms with Crippen LogP contribution in [0.1, 0.15) is 0 Å². The first-order valence-electron chi connectivity index (χ1n) is 12.7. The molecule has 37 heavy (non-hydrogen) atoms. The van der Waals surface area contributed by atoms with E-state index in [1.807, 2.05) is 0 Å². The molecule has 6 aromatic rings. The van der Waals surface area contributed by atoms with Gasteiger partial charge in [-0.25, -0.2) is 0 Å². The second-order valence-corrected chi connectivity index (χ2v) is 15.9. The van der Waals surface area contributed by atoms with Gasteiger partial charge >= 0.3 is 228 Å². The third kappa shape index (κ3) is 4.90. The van der Waals surface area contributed by atoms with Gasteiger partial charge in [0.1, 0.15) is 0 Å². The number of benzene rings is 6. The van der Waals surface area contributed by atoms with Crippen molar-refractivity contribution < 1.29 is 0 Å². The van der Waals surface area contributed by atoms with Crippen molar-refractivity contribution in [3.8, 4) is 33.4 Å². The molecular formula is C36H27Sn. The maximum absolute atomic E-state index is 2.76. The number of rotatable bonds is 6. The van der Waals surface area contributed by atoms with Gasteiger partial charge in [-0.15, -0.1) is 0 Å². The molecule has 0 nitrogen and oxygen atoms in total. The molecule has 0 N–H and O–H groups in total. The minimum absolute atomic E-state index is 1.28. The molecule has 0 spiro atoms. The van der Waals surface area contributed by atoms with Gasteiger partial charge in [-0.3, -0.25) is 0 Å². The first kappa shape index (κ1) is 23.5. The van der Waals surface area contributed by atoms with Crippen LogP contribution in [0.25, 0.3) is 33.4 Å². The Morgan fingerprint density at radius 2 is 0.486 bits per heavy atom. The fourth-order valence-corrected chi connectivity index (χ4v) is 14.1. The van der Waals surface area contributed by atoms with Gasteiger partial charge < -0.3 is 0 Å². The van der Waals surface area contributed by atoms with Crippen LogP contribution in [0.4, 0.5) is 0 Å². The van der Waals surface area contributed by atoms with E-state index < -0.39 is 19.8 Å². The van der Waals surface area contributed by atoms with E-state index in [1.165, 1.54) is 44.1 Å². The Morgan fingerprint density at radius 3 is 0.784 bits per heavy atom. The van der Waals surface area contributed by atoms with E-state index in [0.29, 0.717) is 0 Å². The Kier molecular flexibility index (Phi) is 7.01. The van der Waals surface area contributed by atoms with Crippen LogP contribution in [-0.4, -0.2) is 19.8 Å². The van der Waals surface area contributed by atoms with Crippen LogP contribution in [0, 0.1) is 0 Å². The quantitative estimate of drug-likeness (QED) is 0.184. The van der Waals surface area contributed by atoms with Crippen LogP contribution in [0.15, 0.2) is 164 Å². The fraction of sp³-hybridized carbons (Fsp3) is 0. The molecule has 0 aliphatic rings. The minimum atomic E-state index is -2.76. The van der Waals surface area contributed by atoms with Gasteiger partial charge in [0.2, 0.25) is 0 Å². The molecule has 0 fully saturated rings. The van der Waals surface area contributed by atoms with Gasteiger partial charge in [-0.2, -0.15) is 0 Å². The van der Waals surface area contributed by atoms with Crippen LogP contribution in [0.2, 0.25) is 0 Å². The van der Waals surface area contributed by atoms with E-state index in [2.05, 4.69) is 164 Å². The third-order valence-electron chi connectivity index (χ3n) is 6.84. The Bertz CT molecular complexity index is 1410. The summed E-state index contributed by atoms with van der Waals surface area (Å²) in [6.45, 7) is 0. The zero-order chi connectivity index (χ0) is 24.9. The van der Waals surface area contributed by atoms with Crippen molar-refractivity contribution in [1.82, 2.24) is 0 Å². The predicted octanol–water partition coefficient (Wildman–Crippen LogP) is 7.20. The second kappa shape index (κ2) is 11.0. The summed E-state index contributed by atoms with van der Waals surface area (Å²) >= 11 is -2.76. The molecule has 175 valence electrons. The van der Waals surface area contributed by atoms with Crippen molar-refractivity contribution >= 4 is 30.5 Å². The molecule has 0 saturated carbocycles. The summed E-state index contributed by atoms with van der Waals surface area (Å²) < 4.78 is 4.51. The molecule has 0 saturated heterocycles. The molecule has 0 aliphatic carbocycles. The standard InChI is InChI=1S/3C12H9.Sn/c3*1-3-7-11(8-4-1)12-9-5-2-6-10-12;/h3*1-9H;. The van der Waals surface area contributed by atoms with Crippen molar-refractivity contribution in [3.63, 3.8) is 0 Å². The van der Waals surface area contributed by atoms with Gasteiger partial charge in [0.05, 0.1) is 0 Å². The summed E-state index contributed by atoms with van der Waals surface area (Å²) in [7, 11) is 0. The van der Waals surface area contributed by atoms with Gasteiger partial charge in [0, 0.05) is 0 Å². The van der Waals surface area contributed by atoms with E-state index in [1.54, 1.807) is 0 Å². The zero-order valence-electron chi connectivity index (χ0n) is 20.6. The molecular weight excluding hydrogens is 551 g/mol. The van der Waals surface area contributed by atoms with Gasteiger partial charge in [0.25, 0.3) is 0 Å². The van der Waals surface area contributed by atoms with Crippen LogP contribution in [0.3, 0.4) is 0 Å². The normalized spacial score (nSPS) is 10.9. The van der Waals surface area contributed by atoms with Gasteiger partial charge in [-0.05, 0) is 0 Å². The second-order valence-electron chi connectivity index (χ2n) is 9.11. The fourth-order valence-electron chi connectivity index (χ4n) is 5.15. The molecule has 1 heteroatoms. The van der Waals surface area contributed by atoms with E-state index in [4.69, 9.17) is 0 Å². The van der Waals surface area contributed by atoms with Crippen LogP contribution in [-0.2, 0) is 0 Å². The summed E-state index contributed by atoms with van der Waals surface area (Å²) in [6.07, 6.45) is 0. The van der Waals surface area contributed by atoms with Gasteiger partial charge in [0.15, 0.2) is 0 Å². The predicted molar refractivity (Wildman–Crippen MR) is 160 cm³/mol. The molecule has 0 amide bonds. The van der Waals surface area contributed by atoms with Crippen molar-refractivity contribution in [2.75, 3.05) is 0 Å². The summed E-state index contributed by atoms with van der Waals surface area (Å²) in [5, 5.41) is 0. The third-order valence-corrected chi connectivity index (χ3v) is 15.2. The Labute approximate surface area is 226 Å². The van der Waals surface area contributed by atoms with Crippen LogP contribution < -0.4 is 10.7 Å².